The molecule has 2 aromatic rings. The Labute approximate surface area is 129 Å². The minimum atomic E-state index is -3.64. The topological polar surface area (TPSA) is 66.4 Å². The van der Waals surface area contributed by atoms with Gasteiger partial charge in [0, 0.05) is 11.6 Å². The second kappa shape index (κ2) is 6.37. The van der Waals surface area contributed by atoms with Gasteiger partial charge in [-0.1, -0.05) is 12.1 Å². The molecule has 0 fully saturated rings. The Morgan fingerprint density at radius 3 is 2.38 bits per heavy atom. The number of halogens is 1. The molecule has 0 bridgehead atoms. The molecule has 0 unspecified atom stereocenters. The number of nitrogens with one attached hydrogen (secondary N) is 1. The maximum Gasteiger partial charge on any atom is 0.261 e. The average Bonchev–Trinajstić information content (AvgIpc) is 2.44. The molecule has 0 heterocycles. The summed E-state index contributed by atoms with van der Waals surface area (Å²) in [7, 11) is -3.64. The van der Waals surface area contributed by atoms with Crippen LogP contribution in [0.3, 0.4) is 0 Å². The summed E-state index contributed by atoms with van der Waals surface area (Å²) in [6.07, 6.45) is 0.701. The van der Waals surface area contributed by atoms with E-state index in [2.05, 4.69) is 4.72 Å². The fraction of sp³-hybridized carbons (Fsp3) is 0.200. The van der Waals surface area contributed by atoms with Crippen LogP contribution in [-0.2, 0) is 16.4 Å². The molecule has 2 aromatic carbocycles. The molecule has 2 rings (SSSR count). The van der Waals surface area contributed by atoms with Crippen LogP contribution in [0, 0.1) is 6.92 Å². The zero-order valence-corrected chi connectivity index (χ0v) is 13.1. The summed E-state index contributed by atoms with van der Waals surface area (Å²) < 4.78 is 27.0. The van der Waals surface area contributed by atoms with Crippen molar-refractivity contribution in [3.8, 4) is 5.75 Å². The Morgan fingerprint density at radius 1 is 1.14 bits per heavy atom. The summed E-state index contributed by atoms with van der Waals surface area (Å²) >= 11 is 5.65. The van der Waals surface area contributed by atoms with Crippen molar-refractivity contribution in [2.45, 2.75) is 18.2 Å². The number of sulfonamides is 1. The number of alkyl halides is 1. The van der Waals surface area contributed by atoms with E-state index in [4.69, 9.17) is 11.6 Å². The predicted octanol–water partition coefficient (Wildman–Crippen LogP) is 3.28. The lowest BCUT2D eigenvalue weighted by Gasteiger charge is -2.10. The molecule has 2 N–H and O–H groups in total. The predicted molar refractivity (Wildman–Crippen MR) is 84.5 cm³/mol. The highest BCUT2D eigenvalue weighted by Crippen LogP contribution is 2.22. The number of anilines is 1. The number of rotatable bonds is 5. The van der Waals surface area contributed by atoms with Gasteiger partial charge in [0.1, 0.15) is 5.75 Å². The van der Waals surface area contributed by atoms with Crippen LogP contribution in [0.5, 0.6) is 5.75 Å². The number of aromatic hydroxyl groups is 1. The number of hydrogen-bond acceptors (Lipinski definition) is 3. The molecule has 0 spiro atoms. The van der Waals surface area contributed by atoms with Gasteiger partial charge in [-0.15, -0.1) is 11.6 Å². The molecule has 0 radical (unpaired) electrons. The minimum Gasteiger partial charge on any atom is -0.508 e. The molecule has 0 aliphatic carbocycles. The van der Waals surface area contributed by atoms with Crippen LogP contribution in [0.4, 0.5) is 5.69 Å². The van der Waals surface area contributed by atoms with E-state index in [-0.39, 0.29) is 10.6 Å². The third-order valence-electron chi connectivity index (χ3n) is 3.07. The fourth-order valence-electron chi connectivity index (χ4n) is 1.88. The number of aryl methyl sites for hydroxylation is 2. The normalized spacial score (nSPS) is 11.3. The van der Waals surface area contributed by atoms with Gasteiger partial charge >= 0.3 is 0 Å². The third kappa shape index (κ3) is 3.89. The molecule has 0 amide bonds. The number of phenolic OH excluding ortho intramolecular Hbond substituents is 1. The maximum atomic E-state index is 12.3. The van der Waals surface area contributed by atoms with E-state index < -0.39 is 10.0 Å². The van der Waals surface area contributed by atoms with Crippen molar-refractivity contribution >= 4 is 27.3 Å². The van der Waals surface area contributed by atoms with Crippen molar-refractivity contribution < 1.29 is 13.5 Å². The van der Waals surface area contributed by atoms with Crippen LogP contribution in [0.2, 0.25) is 0 Å². The fourth-order valence-corrected chi connectivity index (χ4v) is 3.15. The van der Waals surface area contributed by atoms with Gasteiger partial charge in [-0.25, -0.2) is 8.42 Å². The van der Waals surface area contributed by atoms with Gasteiger partial charge < -0.3 is 5.11 Å². The van der Waals surface area contributed by atoms with Crippen molar-refractivity contribution in [3.05, 3.63) is 53.6 Å². The van der Waals surface area contributed by atoms with E-state index in [1.54, 1.807) is 37.3 Å². The number of benzene rings is 2. The molecule has 112 valence electrons. The molecule has 0 atom stereocenters. The van der Waals surface area contributed by atoms with E-state index >= 15 is 0 Å². The van der Waals surface area contributed by atoms with Crippen LogP contribution < -0.4 is 4.72 Å². The Balaban J connectivity index is 2.23. The summed E-state index contributed by atoms with van der Waals surface area (Å²) in [5, 5.41) is 9.45. The van der Waals surface area contributed by atoms with Crippen molar-refractivity contribution in [2.24, 2.45) is 0 Å². The smallest absolute Gasteiger partial charge is 0.261 e. The zero-order valence-electron chi connectivity index (χ0n) is 11.5. The van der Waals surface area contributed by atoms with Gasteiger partial charge in [-0.05, 0) is 54.8 Å². The van der Waals surface area contributed by atoms with Gasteiger partial charge in [-0.2, -0.15) is 0 Å². The lowest BCUT2D eigenvalue weighted by atomic mass is 10.2. The highest BCUT2D eigenvalue weighted by Gasteiger charge is 2.14. The van der Waals surface area contributed by atoms with E-state index in [1.807, 2.05) is 0 Å². The molecular formula is C15H16ClNO3S. The van der Waals surface area contributed by atoms with Crippen molar-refractivity contribution in [3.63, 3.8) is 0 Å². The van der Waals surface area contributed by atoms with Crippen molar-refractivity contribution in [1.29, 1.82) is 0 Å². The standard InChI is InChI=1S/C15H16ClNO3S/c1-11-10-13(4-7-15(11)18)17-21(19,20)14-5-2-12(3-6-14)8-9-16/h2-7,10,17-18H,8-9H2,1H3. The van der Waals surface area contributed by atoms with Crippen LogP contribution in [-0.4, -0.2) is 19.4 Å². The van der Waals surface area contributed by atoms with Crippen LogP contribution in [0.25, 0.3) is 0 Å². The average molecular weight is 326 g/mol. The molecular weight excluding hydrogens is 310 g/mol. The van der Waals surface area contributed by atoms with Gasteiger partial charge in [0.05, 0.1) is 4.90 Å². The first kappa shape index (κ1) is 15.7. The first-order valence-electron chi connectivity index (χ1n) is 6.40. The molecule has 0 aliphatic rings. The second-order valence-electron chi connectivity index (χ2n) is 4.69. The van der Waals surface area contributed by atoms with Crippen LogP contribution in [0.1, 0.15) is 11.1 Å². The van der Waals surface area contributed by atoms with Crippen molar-refractivity contribution in [1.82, 2.24) is 0 Å². The van der Waals surface area contributed by atoms with Crippen molar-refractivity contribution in [2.75, 3.05) is 10.6 Å². The first-order valence-corrected chi connectivity index (χ1v) is 8.41. The lowest BCUT2D eigenvalue weighted by molar-refractivity contribution is 0.471. The Bertz CT molecular complexity index is 727. The molecule has 21 heavy (non-hydrogen) atoms. The molecule has 6 heteroatoms. The highest BCUT2D eigenvalue weighted by molar-refractivity contribution is 7.92. The Hall–Kier alpha value is -1.72. The Morgan fingerprint density at radius 2 is 1.81 bits per heavy atom. The van der Waals surface area contributed by atoms with E-state index in [0.717, 1.165) is 5.56 Å². The summed E-state index contributed by atoms with van der Waals surface area (Å²) in [4.78, 5) is 0.187. The largest absolute Gasteiger partial charge is 0.508 e. The van der Waals surface area contributed by atoms with E-state index in [9.17, 15) is 13.5 Å². The van der Waals surface area contributed by atoms with Crippen LogP contribution in [0.15, 0.2) is 47.4 Å². The second-order valence-corrected chi connectivity index (χ2v) is 6.75. The summed E-state index contributed by atoms with van der Waals surface area (Å²) in [6.45, 7) is 1.70. The summed E-state index contributed by atoms with van der Waals surface area (Å²) in [6, 6.07) is 11.2. The Kier molecular flexibility index (Phi) is 4.75. The summed E-state index contributed by atoms with van der Waals surface area (Å²) in [5.74, 6) is 0.625. The van der Waals surface area contributed by atoms with Gasteiger partial charge in [0.15, 0.2) is 0 Å². The molecule has 0 saturated heterocycles. The highest BCUT2D eigenvalue weighted by atomic mass is 35.5. The first-order chi connectivity index (χ1) is 9.92. The van der Waals surface area contributed by atoms with E-state index in [0.29, 0.717) is 23.6 Å². The number of phenols is 1. The third-order valence-corrected chi connectivity index (χ3v) is 4.65. The molecule has 0 saturated carbocycles. The van der Waals surface area contributed by atoms with Gasteiger partial charge in [-0.3, -0.25) is 4.72 Å². The zero-order chi connectivity index (χ0) is 15.5. The number of hydrogen-bond donors (Lipinski definition) is 2. The lowest BCUT2D eigenvalue weighted by Crippen LogP contribution is -2.13. The minimum absolute atomic E-state index is 0.128. The van der Waals surface area contributed by atoms with E-state index in [1.165, 1.54) is 12.1 Å². The molecule has 4 nitrogen and oxygen atoms in total. The van der Waals surface area contributed by atoms with Crippen LogP contribution >= 0.6 is 11.6 Å². The molecule has 0 aliphatic heterocycles. The summed E-state index contributed by atoms with van der Waals surface area (Å²) in [5.41, 5.74) is 2.01. The monoisotopic (exact) mass is 325 g/mol. The maximum absolute atomic E-state index is 12.3. The van der Waals surface area contributed by atoms with Gasteiger partial charge in [0.25, 0.3) is 10.0 Å². The SMILES string of the molecule is Cc1cc(NS(=O)(=O)c2ccc(CCCl)cc2)ccc1O. The molecule has 0 aromatic heterocycles. The quantitative estimate of drug-likeness (QED) is 0.655. The van der Waals surface area contributed by atoms with Gasteiger partial charge in [0.2, 0.25) is 0 Å².